The maximum Gasteiger partial charge on any atom is 0.275 e. The molecule has 0 aliphatic rings. The number of nitrogens with one attached hydrogen (secondary N) is 1. The number of nitrogens with zero attached hydrogens (tertiary/aromatic N) is 1. The van der Waals surface area contributed by atoms with Gasteiger partial charge in [-0.15, -0.1) is 0 Å². The highest BCUT2D eigenvalue weighted by Gasteiger charge is 2.10. The number of phenolic OH excluding ortho intramolecular Hbond substituents is 1. The zero-order valence-electron chi connectivity index (χ0n) is 11.4. The van der Waals surface area contributed by atoms with E-state index >= 15 is 0 Å². The van der Waals surface area contributed by atoms with E-state index in [2.05, 4.69) is 10.5 Å². The number of benzene rings is 1. The molecule has 1 aromatic carbocycles. The molecule has 0 radical (unpaired) electrons. The standard InChI is InChI=1S/C14H19N3O2/c1-9(2)4-5-10(3)16-17-14(19)12-7-6-11(15)8-13(12)18/h4,6-8,18H,5,15H2,1-3H3,(H,17,19). The Morgan fingerprint density at radius 3 is 2.68 bits per heavy atom. The maximum absolute atomic E-state index is 11.8. The second kappa shape index (κ2) is 6.58. The van der Waals surface area contributed by atoms with E-state index in [-0.39, 0.29) is 11.3 Å². The summed E-state index contributed by atoms with van der Waals surface area (Å²) in [5, 5.41) is 13.6. The number of hydrogen-bond donors (Lipinski definition) is 3. The Kier molecular flexibility index (Phi) is 5.11. The van der Waals surface area contributed by atoms with Crippen LogP contribution in [0.2, 0.25) is 0 Å². The molecule has 0 atom stereocenters. The van der Waals surface area contributed by atoms with Crippen LogP contribution in [0.3, 0.4) is 0 Å². The SMILES string of the molecule is CC(C)=CCC(C)=NNC(=O)c1ccc(N)cc1O. The first-order valence-corrected chi connectivity index (χ1v) is 5.95. The molecule has 1 rings (SSSR count). The van der Waals surface area contributed by atoms with Gasteiger partial charge in [-0.3, -0.25) is 4.79 Å². The van der Waals surface area contributed by atoms with Crippen molar-refractivity contribution in [2.24, 2.45) is 5.10 Å². The molecule has 0 aliphatic carbocycles. The Hall–Kier alpha value is -2.30. The van der Waals surface area contributed by atoms with Crippen molar-refractivity contribution in [2.45, 2.75) is 27.2 Å². The highest BCUT2D eigenvalue weighted by molar-refractivity contribution is 5.98. The number of nitrogen functional groups attached to an aromatic ring is 1. The summed E-state index contributed by atoms with van der Waals surface area (Å²) >= 11 is 0. The Balaban J connectivity index is 2.70. The molecule has 0 unspecified atom stereocenters. The van der Waals surface area contributed by atoms with Crippen LogP contribution in [0.4, 0.5) is 5.69 Å². The van der Waals surface area contributed by atoms with Gasteiger partial charge < -0.3 is 10.8 Å². The van der Waals surface area contributed by atoms with Gasteiger partial charge in [-0.1, -0.05) is 11.6 Å². The number of amides is 1. The van der Waals surface area contributed by atoms with E-state index in [1.807, 2.05) is 26.8 Å². The summed E-state index contributed by atoms with van der Waals surface area (Å²) in [5.41, 5.74) is 10.4. The molecule has 102 valence electrons. The minimum Gasteiger partial charge on any atom is -0.507 e. The normalized spacial score (nSPS) is 11.0. The zero-order chi connectivity index (χ0) is 14.4. The molecular formula is C14H19N3O2. The van der Waals surface area contributed by atoms with Crippen LogP contribution in [0.5, 0.6) is 5.75 Å². The lowest BCUT2D eigenvalue weighted by Crippen LogP contribution is -2.19. The minimum atomic E-state index is -0.464. The van der Waals surface area contributed by atoms with Crippen LogP contribution < -0.4 is 11.2 Å². The van der Waals surface area contributed by atoms with Crippen molar-refractivity contribution >= 4 is 17.3 Å². The number of carbonyl (C=O) groups excluding carboxylic acids is 1. The van der Waals surface area contributed by atoms with Crippen LogP contribution in [-0.4, -0.2) is 16.7 Å². The number of anilines is 1. The largest absolute Gasteiger partial charge is 0.507 e. The highest BCUT2D eigenvalue weighted by atomic mass is 16.3. The Morgan fingerprint density at radius 2 is 2.11 bits per heavy atom. The third kappa shape index (κ3) is 4.83. The number of carbonyl (C=O) groups is 1. The number of hydrogen-bond acceptors (Lipinski definition) is 4. The lowest BCUT2D eigenvalue weighted by molar-refractivity contribution is 0.0952. The fourth-order valence-electron chi connectivity index (χ4n) is 1.34. The number of rotatable bonds is 4. The van der Waals surface area contributed by atoms with Gasteiger partial charge in [0.25, 0.3) is 5.91 Å². The van der Waals surface area contributed by atoms with Gasteiger partial charge >= 0.3 is 0 Å². The summed E-state index contributed by atoms with van der Waals surface area (Å²) in [6.07, 6.45) is 2.70. The average Bonchev–Trinajstić information content (AvgIpc) is 2.33. The third-order valence-electron chi connectivity index (χ3n) is 2.42. The van der Waals surface area contributed by atoms with Crippen LogP contribution in [0, 0.1) is 0 Å². The third-order valence-corrected chi connectivity index (χ3v) is 2.42. The molecule has 0 aliphatic heterocycles. The van der Waals surface area contributed by atoms with Gasteiger partial charge in [0.15, 0.2) is 0 Å². The topological polar surface area (TPSA) is 87.7 Å². The fraction of sp³-hybridized carbons (Fsp3) is 0.286. The van der Waals surface area contributed by atoms with E-state index in [1.165, 1.54) is 17.7 Å². The van der Waals surface area contributed by atoms with Crippen LogP contribution in [0.15, 0.2) is 34.9 Å². The Morgan fingerprint density at radius 1 is 1.42 bits per heavy atom. The van der Waals surface area contributed by atoms with Gasteiger partial charge in [-0.2, -0.15) is 5.10 Å². The quantitative estimate of drug-likeness (QED) is 0.336. The lowest BCUT2D eigenvalue weighted by Gasteiger charge is -2.04. The van der Waals surface area contributed by atoms with Crippen molar-refractivity contribution in [2.75, 3.05) is 5.73 Å². The molecule has 0 saturated heterocycles. The summed E-state index contributed by atoms with van der Waals surface area (Å²) in [7, 11) is 0. The Bertz CT molecular complexity index is 529. The highest BCUT2D eigenvalue weighted by Crippen LogP contribution is 2.19. The van der Waals surface area contributed by atoms with Crippen LogP contribution in [0.1, 0.15) is 37.6 Å². The molecule has 1 amide bonds. The Labute approximate surface area is 112 Å². The van der Waals surface area contributed by atoms with E-state index in [1.54, 1.807) is 6.07 Å². The molecule has 5 nitrogen and oxygen atoms in total. The van der Waals surface area contributed by atoms with Crippen molar-refractivity contribution in [3.05, 3.63) is 35.4 Å². The summed E-state index contributed by atoms with van der Waals surface area (Å²) in [6.45, 7) is 5.82. The van der Waals surface area contributed by atoms with E-state index in [9.17, 15) is 9.90 Å². The van der Waals surface area contributed by atoms with E-state index < -0.39 is 5.91 Å². The van der Waals surface area contributed by atoms with Gasteiger partial charge in [0.2, 0.25) is 0 Å². The number of aromatic hydroxyl groups is 1. The van der Waals surface area contributed by atoms with Gasteiger partial charge in [-0.05, 0) is 32.9 Å². The second-order valence-corrected chi connectivity index (χ2v) is 4.55. The molecule has 5 heteroatoms. The number of phenols is 1. The van der Waals surface area contributed by atoms with Crippen molar-refractivity contribution in [3.63, 3.8) is 0 Å². The van der Waals surface area contributed by atoms with Crippen molar-refractivity contribution in [3.8, 4) is 5.75 Å². The molecule has 0 saturated carbocycles. The molecule has 0 heterocycles. The van der Waals surface area contributed by atoms with Crippen molar-refractivity contribution < 1.29 is 9.90 Å². The van der Waals surface area contributed by atoms with Crippen LogP contribution in [-0.2, 0) is 0 Å². The monoisotopic (exact) mass is 261 g/mol. The second-order valence-electron chi connectivity index (χ2n) is 4.55. The minimum absolute atomic E-state index is 0.146. The predicted octanol–water partition coefficient (Wildman–Crippen LogP) is 2.44. The summed E-state index contributed by atoms with van der Waals surface area (Å²) in [5.74, 6) is -0.622. The average molecular weight is 261 g/mol. The first-order valence-electron chi connectivity index (χ1n) is 5.95. The van der Waals surface area contributed by atoms with Gasteiger partial charge in [0.05, 0.1) is 5.56 Å². The molecule has 1 aromatic rings. The summed E-state index contributed by atoms with van der Waals surface area (Å²) in [6, 6.07) is 4.34. The van der Waals surface area contributed by atoms with E-state index in [0.29, 0.717) is 12.1 Å². The first-order chi connectivity index (χ1) is 8.90. The lowest BCUT2D eigenvalue weighted by atomic mass is 10.2. The van der Waals surface area contributed by atoms with Gasteiger partial charge in [0.1, 0.15) is 5.75 Å². The number of allylic oxidation sites excluding steroid dienone is 2. The smallest absolute Gasteiger partial charge is 0.275 e. The fourth-order valence-corrected chi connectivity index (χ4v) is 1.34. The van der Waals surface area contributed by atoms with Crippen LogP contribution in [0.25, 0.3) is 0 Å². The first kappa shape index (κ1) is 14.8. The molecule has 4 N–H and O–H groups in total. The molecule has 0 fully saturated rings. The zero-order valence-corrected chi connectivity index (χ0v) is 11.4. The summed E-state index contributed by atoms with van der Waals surface area (Å²) in [4.78, 5) is 11.8. The van der Waals surface area contributed by atoms with Crippen molar-refractivity contribution in [1.29, 1.82) is 0 Å². The molecule has 0 spiro atoms. The van der Waals surface area contributed by atoms with Gasteiger partial charge in [-0.25, -0.2) is 5.43 Å². The maximum atomic E-state index is 11.8. The van der Waals surface area contributed by atoms with Gasteiger partial charge in [0, 0.05) is 23.9 Å². The molecular weight excluding hydrogens is 242 g/mol. The van der Waals surface area contributed by atoms with E-state index in [4.69, 9.17) is 5.73 Å². The number of hydrazone groups is 1. The van der Waals surface area contributed by atoms with Crippen LogP contribution >= 0.6 is 0 Å². The number of nitrogens with two attached hydrogens (primary N) is 1. The predicted molar refractivity (Wildman–Crippen MR) is 77.1 cm³/mol. The molecule has 0 bridgehead atoms. The molecule has 0 aromatic heterocycles. The summed E-state index contributed by atoms with van der Waals surface area (Å²) < 4.78 is 0. The molecule has 19 heavy (non-hydrogen) atoms. The van der Waals surface area contributed by atoms with Crippen molar-refractivity contribution in [1.82, 2.24) is 5.43 Å². The van der Waals surface area contributed by atoms with E-state index in [0.717, 1.165) is 5.71 Å².